The van der Waals surface area contributed by atoms with Crippen molar-refractivity contribution in [3.63, 3.8) is 0 Å². The van der Waals surface area contributed by atoms with Crippen LogP contribution in [0.15, 0.2) is 0 Å². The lowest BCUT2D eigenvalue weighted by molar-refractivity contribution is 0.406. The number of nitriles is 1. The standard InChI is InChI=1S/C7H12N2.ClH/c8-5-4-7-3-1-2-6-9-7;/h7,9H,1-4,6H2;1H. The summed E-state index contributed by atoms with van der Waals surface area (Å²) in [4.78, 5) is 0. The molecule has 10 heavy (non-hydrogen) atoms. The van der Waals surface area contributed by atoms with Crippen LogP contribution in [0.1, 0.15) is 25.7 Å². The lowest BCUT2D eigenvalue weighted by Crippen LogP contribution is -2.33. The van der Waals surface area contributed by atoms with Gasteiger partial charge in [0.1, 0.15) is 0 Å². The molecule has 0 aromatic heterocycles. The molecule has 0 amide bonds. The maximum Gasteiger partial charge on any atom is 0.0638 e. The van der Waals surface area contributed by atoms with Crippen LogP contribution < -0.4 is 5.32 Å². The molecule has 0 bridgehead atoms. The van der Waals surface area contributed by atoms with Gasteiger partial charge in [0.25, 0.3) is 0 Å². The molecule has 1 atom stereocenters. The molecule has 1 aliphatic heterocycles. The Hall–Kier alpha value is -0.260. The van der Waals surface area contributed by atoms with Crippen molar-refractivity contribution in [2.24, 2.45) is 0 Å². The second kappa shape index (κ2) is 5.52. The van der Waals surface area contributed by atoms with Crippen molar-refractivity contribution in [2.75, 3.05) is 6.54 Å². The molecule has 1 aliphatic rings. The monoisotopic (exact) mass is 160 g/mol. The average molecular weight is 161 g/mol. The summed E-state index contributed by atoms with van der Waals surface area (Å²) in [7, 11) is 0. The Balaban J connectivity index is 0.000000810. The van der Waals surface area contributed by atoms with E-state index in [1.165, 1.54) is 19.3 Å². The Morgan fingerprint density at radius 3 is 2.80 bits per heavy atom. The molecule has 2 nitrogen and oxygen atoms in total. The summed E-state index contributed by atoms with van der Waals surface area (Å²) in [5.74, 6) is 0. The molecule has 0 saturated carbocycles. The van der Waals surface area contributed by atoms with Gasteiger partial charge in [-0.1, -0.05) is 6.42 Å². The fourth-order valence-electron chi connectivity index (χ4n) is 1.21. The summed E-state index contributed by atoms with van der Waals surface area (Å²) in [6.45, 7) is 1.10. The van der Waals surface area contributed by atoms with Crippen molar-refractivity contribution < 1.29 is 0 Å². The van der Waals surface area contributed by atoms with Gasteiger partial charge >= 0.3 is 0 Å². The first-order valence-electron chi connectivity index (χ1n) is 3.54. The topological polar surface area (TPSA) is 35.8 Å². The SMILES string of the molecule is Cl.N#CCC1CCCCN1. The van der Waals surface area contributed by atoms with E-state index in [1.54, 1.807) is 0 Å². The van der Waals surface area contributed by atoms with E-state index in [9.17, 15) is 0 Å². The van der Waals surface area contributed by atoms with Gasteiger partial charge in [0.15, 0.2) is 0 Å². The predicted octanol–water partition coefficient (Wildman–Crippen LogP) is 1.46. The maximum absolute atomic E-state index is 8.33. The molecule has 0 aromatic carbocycles. The number of nitrogens with one attached hydrogen (secondary N) is 1. The molecule has 1 rings (SSSR count). The van der Waals surface area contributed by atoms with Crippen molar-refractivity contribution in [1.82, 2.24) is 5.32 Å². The number of hydrogen-bond acceptors (Lipinski definition) is 2. The fourth-order valence-corrected chi connectivity index (χ4v) is 1.21. The predicted molar refractivity (Wildman–Crippen MR) is 43.1 cm³/mol. The third-order valence-electron chi connectivity index (χ3n) is 1.75. The molecule has 0 spiro atoms. The highest BCUT2D eigenvalue weighted by atomic mass is 35.5. The van der Waals surface area contributed by atoms with Gasteiger partial charge in [-0.25, -0.2) is 0 Å². The van der Waals surface area contributed by atoms with E-state index in [-0.39, 0.29) is 12.4 Å². The van der Waals surface area contributed by atoms with Gasteiger partial charge in [-0.2, -0.15) is 5.26 Å². The summed E-state index contributed by atoms with van der Waals surface area (Å²) in [6.07, 6.45) is 4.44. The number of halogens is 1. The van der Waals surface area contributed by atoms with Gasteiger partial charge in [0, 0.05) is 6.04 Å². The molecule has 1 fully saturated rings. The first-order valence-corrected chi connectivity index (χ1v) is 3.54. The molecule has 1 heterocycles. The van der Waals surface area contributed by atoms with Crippen molar-refractivity contribution in [1.29, 1.82) is 5.26 Å². The van der Waals surface area contributed by atoms with Crippen LogP contribution in [-0.4, -0.2) is 12.6 Å². The summed E-state index contributed by atoms with van der Waals surface area (Å²) in [6, 6.07) is 2.66. The minimum absolute atomic E-state index is 0. The van der Waals surface area contributed by atoms with Crippen LogP contribution in [0.4, 0.5) is 0 Å². The lowest BCUT2D eigenvalue weighted by Gasteiger charge is -2.20. The summed E-state index contributed by atoms with van der Waals surface area (Å²) >= 11 is 0. The van der Waals surface area contributed by atoms with E-state index < -0.39 is 0 Å². The zero-order valence-corrected chi connectivity index (χ0v) is 6.78. The van der Waals surface area contributed by atoms with Gasteiger partial charge in [-0.3, -0.25) is 0 Å². The van der Waals surface area contributed by atoms with E-state index in [0.29, 0.717) is 12.5 Å². The lowest BCUT2D eigenvalue weighted by atomic mass is 10.0. The Kier molecular flexibility index (Phi) is 5.38. The second-order valence-corrected chi connectivity index (χ2v) is 2.51. The van der Waals surface area contributed by atoms with Crippen molar-refractivity contribution in [2.45, 2.75) is 31.7 Å². The first kappa shape index (κ1) is 9.74. The first-order chi connectivity index (χ1) is 4.43. The molecule has 1 saturated heterocycles. The van der Waals surface area contributed by atoms with E-state index in [0.717, 1.165) is 6.54 Å². The van der Waals surface area contributed by atoms with E-state index in [1.807, 2.05) is 0 Å². The number of hydrogen-bond donors (Lipinski definition) is 1. The summed E-state index contributed by atoms with van der Waals surface area (Å²) in [5.41, 5.74) is 0. The van der Waals surface area contributed by atoms with Crippen LogP contribution in [0.5, 0.6) is 0 Å². The third-order valence-corrected chi connectivity index (χ3v) is 1.75. The van der Waals surface area contributed by atoms with Crippen LogP contribution >= 0.6 is 12.4 Å². The third kappa shape index (κ3) is 3.05. The van der Waals surface area contributed by atoms with Crippen LogP contribution in [0.3, 0.4) is 0 Å². The minimum Gasteiger partial charge on any atom is -0.313 e. The average Bonchev–Trinajstić information content (AvgIpc) is 1.91. The Bertz CT molecular complexity index is 113. The largest absolute Gasteiger partial charge is 0.313 e. The van der Waals surface area contributed by atoms with Crippen molar-refractivity contribution in [3.05, 3.63) is 0 Å². The molecular weight excluding hydrogens is 148 g/mol. The summed E-state index contributed by atoms with van der Waals surface area (Å²) < 4.78 is 0. The van der Waals surface area contributed by atoms with Gasteiger partial charge in [0.05, 0.1) is 12.5 Å². The van der Waals surface area contributed by atoms with E-state index in [2.05, 4.69) is 11.4 Å². The Labute approximate surface area is 68.0 Å². The van der Waals surface area contributed by atoms with Gasteiger partial charge in [-0.15, -0.1) is 12.4 Å². The van der Waals surface area contributed by atoms with Gasteiger partial charge in [0.2, 0.25) is 0 Å². The fraction of sp³-hybridized carbons (Fsp3) is 0.857. The maximum atomic E-state index is 8.33. The molecule has 0 aromatic rings. The number of nitrogens with zero attached hydrogens (tertiary/aromatic N) is 1. The van der Waals surface area contributed by atoms with Crippen molar-refractivity contribution >= 4 is 12.4 Å². The summed E-state index contributed by atoms with van der Waals surface area (Å²) in [5, 5.41) is 11.6. The molecule has 58 valence electrons. The van der Waals surface area contributed by atoms with Crippen LogP contribution in [0.2, 0.25) is 0 Å². The minimum atomic E-state index is 0. The van der Waals surface area contributed by atoms with Crippen LogP contribution in [0.25, 0.3) is 0 Å². The number of rotatable bonds is 1. The number of piperidine rings is 1. The van der Waals surface area contributed by atoms with Gasteiger partial charge < -0.3 is 5.32 Å². The quantitative estimate of drug-likeness (QED) is 0.631. The Morgan fingerprint density at radius 1 is 1.50 bits per heavy atom. The zero-order valence-electron chi connectivity index (χ0n) is 5.97. The highest BCUT2D eigenvalue weighted by Crippen LogP contribution is 2.08. The molecular formula is C7H13ClN2. The van der Waals surface area contributed by atoms with E-state index in [4.69, 9.17) is 5.26 Å². The molecule has 1 N–H and O–H groups in total. The van der Waals surface area contributed by atoms with Crippen LogP contribution in [-0.2, 0) is 0 Å². The smallest absolute Gasteiger partial charge is 0.0638 e. The highest BCUT2D eigenvalue weighted by molar-refractivity contribution is 5.85. The molecule has 1 unspecified atom stereocenters. The molecule has 3 heteroatoms. The van der Waals surface area contributed by atoms with Crippen molar-refractivity contribution in [3.8, 4) is 6.07 Å². The second-order valence-electron chi connectivity index (χ2n) is 2.51. The highest BCUT2D eigenvalue weighted by Gasteiger charge is 2.10. The van der Waals surface area contributed by atoms with E-state index >= 15 is 0 Å². The van der Waals surface area contributed by atoms with Crippen LogP contribution in [0, 0.1) is 11.3 Å². The normalized spacial score (nSPS) is 24.5. The van der Waals surface area contributed by atoms with Gasteiger partial charge in [-0.05, 0) is 19.4 Å². The Morgan fingerprint density at radius 2 is 2.30 bits per heavy atom. The zero-order chi connectivity index (χ0) is 6.53. The molecule has 0 aliphatic carbocycles. The molecule has 0 radical (unpaired) electrons.